The van der Waals surface area contributed by atoms with Gasteiger partial charge in [0.25, 0.3) is 0 Å². The van der Waals surface area contributed by atoms with Crippen LogP contribution >= 0.6 is 12.4 Å². The Morgan fingerprint density at radius 1 is 1.30 bits per heavy atom. The van der Waals surface area contributed by atoms with E-state index in [1.54, 1.807) is 7.11 Å². The fourth-order valence-corrected chi connectivity index (χ4v) is 1.16. The van der Waals surface area contributed by atoms with Crippen LogP contribution in [0.3, 0.4) is 0 Å². The zero-order valence-corrected chi connectivity index (χ0v) is 7.46. The minimum atomic E-state index is 0. The van der Waals surface area contributed by atoms with Gasteiger partial charge in [-0.1, -0.05) is 0 Å². The third-order valence-corrected chi connectivity index (χ3v) is 2.15. The Morgan fingerprint density at radius 2 is 1.80 bits per heavy atom. The first-order valence-electron chi connectivity index (χ1n) is 3.53. The Morgan fingerprint density at radius 3 is 2.10 bits per heavy atom. The lowest BCUT2D eigenvalue weighted by atomic mass is 9.95. The molecule has 1 aliphatic heterocycles. The number of piperidine rings is 1. The van der Waals surface area contributed by atoms with Crippen LogP contribution in [0.5, 0.6) is 0 Å². The van der Waals surface area contributed by atoms with Crippen molar-refractivity contribution in [3.05, 3.63) is 0 Å². The number of hydrogen-bond donors (Lipinski definition) is 1. The summed E-state index contributed by atoms with van der Waals surface area (Å²) in [6, 6.07) is 0. The number of hydrogen-bond acceptors (Lipinski definition) is 2. The van der Waals surface area contributed by atoms with Crippen molar-refractivity contribution in [2.24, 2.45) is 0 Å². The lowest BCUT2D eigenvalue weighted by Gasteiger charge is -2.32. The van der Waals surface area contributed by atoms with Crippen LogP contribution < -0.4 is 5.32 Å². The average Bonchev–Trinajstić information content (AvgIpc) is 1.90. The first-order valence-corrected chi connectivity index (χ1v) is 3.53. The Balaban J connectivity index is 0.000000810. The van der Waals surface area contributed by atoms with Gasteiger partial charge in [-0.25, -0.2) is 0 Å². The van der Waals surface area contributed by atoms with E-state index >= 15 is 0 Å². The van der Waals surface area contributed by atoms with Crippen molar-refractivity contribution in [2.75, 3.05) is 20.2 Å². The monoisotopic (exact) mass is 165 g/mol. The van der Waals surface area contributed by atoms with E-state index in [0.717, 1.165) is 25.9 Å². The van der Waals surface area contributed by atoms with Gasteiger partial charge >= 0.3 is 0 Å². The van der Waals surface area contributed by atoms with Gasteiger partial charge in [-0.3, -0.25) is 0 Å². The third kappa shape index (κ3) is 2.45. The van der Waals surface area contributed by atoms with Crippen LogP contribution in [0, 0.1) is 0 Å². The normalized spacial score (nSPS) is 23.4. The summed E-state index contributed by atoms with van der Waals surface area (Å²) < 4.78 is 5.34. The van der Waals surface area contributed by atoms with Crippen molar-refractivity contribution in [1.29, 1.82) is 0 Å². The van der Waals surface area contributed by atoms with Gasteiger partial charge in [0.2, 0.25) is 0 Å². The summed E-state index contributed by atoms with van der Waals surface area (Å²) in [5, 5.41) is 3.29. The van der Waals surface area contributed by atoms with Gasteiger partial charge in [0, 0.05) is 7.11 Å². The number of methoxy groups -OCH3 is 1. The number of halogens is 1. The molecular formula is C7H16ClNO. The number of ether oxygens (including phenoxy) is 1. The summed E-state index contributed by atoms with van der Waals surface area (Å²) in [7, 11) is 1.80. The molecule has 0 unspecified atom stereocenters. The van der Waals surface area contributed by atoms with Crippen molar-refractivity contribution in [3.8, 4) is 0 Å². The maximum Gasteiger partial charge on any atom is 0.0674 e. The summed E-state index contributed by atoms with van der Waals surface area (Å²) in [5.74, 6) is 0. The molecule has 0 spiro atoms. The van der Waals surface area contributed by atoms with E-state index in [1.165, 1.54) is 0 Å². The molecule has 0 radical (unpaired) electrons. The largest absolute Gasteiger partial charge is 0.378 e. The van der Waals surface area contributed by atoms with Crippen LogP contribution in [0.1, 0.15) is 19.8 Å². The molecule has 10 heavy (non-hydrogen) atoms. The molecule has 0 aliphatic carbocycles. The quantitative estimate of drug-likeness (QED) is 0.631. The predicted octanol–water partition coefficient (Wildman–Crippen LogP) is 1.20. The molecule has 0 aromatic heterocycles. The number of rotatable bonds is 1. The van der Waals surface area contributed by atoms with Gasteiger partial charge in [0.05, 0.1) is 5.60 Å². The Kier molecular flexibility index (Phi) is 4.25. The second-order valence-corrected chi connectivity index (χ2v) is 2.90. The minimum Gasteiger partial charge on any atom is -0.378 e. The molecule has 1 saturated heterocycles. The second-order valence-electron chi connectivity index (χ2n) is 2.90. The molecule has 1 fully saturated rings. The summed E-state index contributed by atoms with van der Waals surface area (Å²) in [6.45, 7) is 4.38. The zero-order chi connectivity index (χ0) is 6.74. The summed E-state index contributed by atoms with van der Waals surface area (Å²) in [5.41, 5.74) is 0.158. The molecule has 0 saturated carbocycles. The fraction of sp³-hybridized carbons (Fsp3) is 1.00. The van der Waals surface area contributed by atoms with Crippen molar-refractivity contribution in [3.63, 3.8) is 0 Å². The van der Waals surface area contributed by atoms with Crippen molar-refractivity contribution in [2.45, 2.75) is 25.4 Å². The van der Waals surface area contributed by atoms with E-state index in [2.05, 4.69) is 12.2 Å². The molecule has 62 valence electrons. The molecule has 3 heteroatoms. The van der Waals surface area contributed by atoms with Crippen LogP contribution in [0.4, 0.5) is 0 Å². The van der Waals surface area contributed by atoms with E-state index in [0.29, 0.717) is 0 Å². The summed E-state index contributed by atoms with van der Waals surface area (Å²) >= 11 is 0. The van der Waals surface area contributed by atoms with E-state index < -0.39 is 0 Å². The van der Waals surface area contributed by atoms with Crippen LogP contribution in [0.15, 0.2) is 0 Å². The highest BCUT2D eigenvalue weighted by Gasteiger charge is 2.25. The molecular weight excluding hydrogens is 150 g/mol. The van der Waals surface area contributed by atoms with E-state index in [4.69, 9.17) is 4.74 Å². The zero-order valence-electron chi connectivity index (χ0n) is 6.64. The lowest BCUT2D eigenvalue weighted by molar-refractivity contribution is -0.0178. The smallest absolute Gasteiger partial charge is 0.0674 e. The maximum absolute atomic E-state index is 5.34. The first kappa shape index (κ1) is 10.2. The average molecular weight is 166 g/mol. The second kappa shape index (κ2) is 4.16. The molecule has 0 atom stereocenters. The summed E-state index contributed by atoms with van der Waals surface area (Å²) in [4.78, 5) is 0. The molecule has 0 aromatic rings. The van der Waals surface area contributed by atoms with E-state index in [-0.39, 0.29) is 18.0 Å². The van der Waals surface area contributed by atoms with Gasteiger partial charge < -0.3 is 10.1 Å². The molecule has 2 nitrogen and oxygen atoms in total. The topological polar surface area (TPSA) is 21.3 Å². The highest BCUT2D eigenvalue weighted by atomic mass is 35.5. The SMILES string of the molecule is COC1(C)CCNCC1.Cl. The standard InChI is InChI=1S/C7H15NO.ClH/c1-7(9-2)3-5-8-6-4-7;/h8H,3-6H2,1-2H3;1H. The first-order chi connectivity index (χ1) is 4.27. The molecule has 0 amide bonds. The van der Waals surface area contributed by atoms with Crippen molar-refractivity contribution < 1.29 is 4.74 Å². The predicted molar refractivity (Wildman–Crippen MR) is 44.8 cm³/mol. The van der Waals surface area contributed by atoms with Gasteiger partial charge in [-0.2, -0.15) is 0 Å². The van der Waals surface area contributed by atoms with Crippen LogP contribution in [0.2, 0.25) is 0 Å². The van der Waals surface area contributed by atoms with Gasteiger partial charge in [0.15, 0.2) is 0 Å². The van der Waals surface area contributed by atoms with Crippen LogP contribution in [-0.2, 0) is 4.74 Å². The van der Waals surface area contributed by atoms with E-state index in [9.17, 15) is 0 Å². The highest BCUT2D eigenvalue weighted by molar-refractivity contribution is 5.85. The van der Waals surface area contributed by atoms with E-state index in [1.807, 2.05) is 0 Å². The minimum absolute atomic E-state index is 0. The Labute approximate surface area is 68.7 Å². The van der Waals surface area contributed by atoms with Gasteiger partial charge in [-0.05, 0) is 32.9 Å². The summed E-state index contributed by atoms with van der Waals surface area (Å²) in [6.07, 6.45) is 2.28. The molecule has 1 rings (SSSR count). The lowest BCUT2D eigenvalue weighted by Crippen LogP contribution is -2.40. The van der Waals surface area contributed by atoms with Gasteiger partial charge in [0.1, 0.15) is 0 Å². The Hall–Kier alpha value is 0.210. The third-order valence-electron chi connectivity index (χ3n) is 2.15. The van der Waals surface area contributed by atoms with Crippen molar-refractivity contribution in [1.82, 2.24) is 5.32 Å². The van der Waals surface area contributed by atoms with Gasteiger partial charge in [-0.15, -0.1) is 12.4 Å². The maximum atomic E-state index is 5.34. The molecule has 1 N–H and O–H groups in total. The van der Waals surface area contributed by atoms with Crippen molar-refractivity contribution >= 4 is 12.4 Å². The Bertz CT molecular complexity index is 91.6. The highest BCUT2D eigenvalue weighted by Crippen LogP contribution is 2.20. The fourth-order valence-electron chi connectivity index (χ4n) is 1.16. The molecule has 0 aromatic carbocycles. The van der Waals surface area contributed by atoms with Crippen LogP contribution in [-0.4, -0.2) is 25.8 Å². The van der Waals surface area contributed by atoms with Crippen LogP contribution in [0.25, 0.3) is 0 Å². The number of nitrogens with one attached hydrogen (secondary N) is 1. The molecule has 0 bridgehead atoms. The molecule has 1 heterocycles. The molecule has 1 aliphatic rings.